The maximum atomic E-state index is 13.4. The SMILES string of the molecule is CC1=C(C)C(C)(COC(=O)C(C)CC(Cl)C(=O)N(C)C)C(C)=C1C.CC1=C(C)C(C)(COC(=O)C(C)Cl)C(C)=C1C.CC1=C(C)C2(C)N(C(=O)Nc3ccc(CO)cc3)OC1(C)C2(C)OC(=O)C(C)CC(Cl)C(=O)N(C)C. The van der Waals surface area contributed by atoms with Crippen molar-refractivity contribution in [2.75, 3.05) is 46.7 Å². The van der Waals surface area contributed by atoms with Gasteiger partial charge in [-0.15, -0.1) is 34.8 Å². The molecule has 5 rings (SSSR count). The number of hydroxylamine groups is 2. The highest BCUT2D eigenvalue weighted by molar-refractivity contribution is 6.31. The van der Waals surface area contributed by atoms with Gasteiger partial charge in [0.25, 0.3) is 0 Å². The van der Waals surface area contributed by atoms with Crippen LogP contribution in [0, 0.1) is 22.7 Å². The summed E-state index contributed by atoms with van der Waals surface area (Å²) in [6.07, 6.45) is 0.386. The molecule has 2 bridgehead atoms. The lowest BCUT2D eigenvalue weighted by atomic mass is 9.76. The average Bonchev–Trinajstić information content (AvgIpc) is 3.77. The largest absolute Gasteiger partial charge is 0.464 e. The Hall–Kier alpha value is -4.67. The number of carbonyl (C=O) groups excluding carboxylic acids is 6. The highest BCUT2D eigenvalue weighted by Crippen LogP contribution is 2.62. The molecule has 8 atom stereocenters. The Morgan fingerprint density at radius 3 is 1.34 bits per heavy atom. The molecule has 0 spiro atoms. The third-order valence-electron chi connectivity index (χ3n) is 17.8. The van der Waals surface area contributed by atoms with E-state index < -0.39 is 56.7 Å². The lowest BCUT2D eigenvalue weighted by Gasteiger charge is -2.41. The van der Waals surface area contributed by atoms with Gasteiger partial charge in [0.2, 0.25) is 11.8 Å². The van der Waals surface area contributed by atoms with E-state index in [-0.39, 0.29) is 54.0 Å². The summed E-state index contributed by atoms with van der Waals surface area (Å²) < 4.78 is 17.0. The minimum atomic E-state index is -1.25. The van der Waals surface area contributed by atoms with Crippen molar-refractivity contribution in [1.29, 1.82) is 0 Å². The van der Waals surface area contributed by atoms with Gasteiger partial charge in [-0.05, 0) is 175 Å². The van der Waals surface area contributed by atoms with Gasteiger partial charge in [-0.1, -0.05) is 48.3 Å². The van der Waals surface area contributed by atoms with Crippen molar-refractivity contribution in [3.8, 4) is 0 Å². The minimum Gasteiger partial charge on any atom is -0.464 e. The van der Waals surface area contributed by atoms with E-state index >= 15 is 0 Å². The summed E-state index contributed by atoms with van der Waals surface area (Å²) in [5.41, 5.74) is 9.34. The molecule has 0 aromatic heterocycles. The predicted octanol–water partition coefficient (Wildman–Crippen LogP) is 11.6. The van der Waals surface area contributed by atoms with Crippen molar-refractivity contribution in [2.24, 2.45) is 22.7 Å². The van der Waals surface area contributed by atoms with Gasteiger partial charge in [0.1, 0.15) is 34.9 Å². The molecule has 4 aliphatic rings. The van der Waals surface area contributed by atoms with E-state index in [4.69, 9.17) is 53.9 Å². The fourth-order valence-corrected chi connectivity index (χ4v) is 11.3. The van der Waals surface area contributed by atoms with Crippen LogP contribution in [0.1, 0.15) is 143 Å². The Labute approximate surface area is 473 Å². The van der Waals surface area contributed by atoms with Crippen LogP contribution in [0.15, 0.2) is 80.0 Å². The Bertz CT molecular complexity index is 2570. The number of halogens is 3. The van der Waals surface area contributed by atoms with Crippen molar-refractivity contribution in [3.05, 3.63) is 85.6 Å². The van der Waals surface area contributed by atoms with Crippen LogP contribution in [0.3, 0.4) is 0 Å². The van der Waals surface area contributed by atoms with Gasteiger partial charge in [0.15, 0.2) is 11.2 Å². The fourth-order valence-electron chi connectivity index (χ4n) is 10.3. The molecule has 1 fully saturated rings. The maximum absolute atomic E-state index is 13.4. The van der Waals surface area contributed by atoms with Crippen LogP contribution in [0.25, 0.3) is 0 Å². The number of alkyl halides is 3. The summed E-state index contributed by atoms with van der Waals surface area (Å²) in [5, 5.41) is 11.2. The molecule has 2 N–H and O–H groups in total. The summed E-state index contributed by atoms with van der Waals surface area (Å²) in [5.74, 6) is -2.74. The fraction of sp³-hybridized carbons (Fsp3) is 0.627. The van der Waals surface area contributed by atoms with E-state index in [1.807, 2.05) is 20.8 Å². The number of ether oxygens (including phenoxy) is 3. The standard InChI is InChI=1S/C26H36ClN3O6.C19H30ClNO3.C14H21ClO2/c1-15(13-20(27)21(32)29(7)8)22(33)35-26(6)24(4)16(2)17(3)25(26,5)36-30(24)23(34)28-19-11-9-18(14-31)10-12-19;1-11(9-16(20)17(22)21(7)8)18(23)24-10-19(6)14(4)12(2)13(3)15(19)5;1-8-9(2)11(4)14(6,10(8)3)7-17-13(16)12(5)15/h9-12,15,20,31H,13-14H2,1-8H3,(H,28,34);11,16H,9-10H2,1-8H3;12H,7H2,1-6H3. The number of aliphatic hydroxyl groups is 1. The van der Waals surface area contributed by atoms with E-state index in [1.54, 1.807) is 87.1 Å². The number of nitrogens with one attached hydrogen (secondary N) is 1. The second-order valence-electron chi connectivity index (χ2n) is 22.7. The number of carbonyl (C=O) groups is 6. The average molecular weight is 1130 g/mol. The lowest BCUT2D eigenvalue weighted by Crippen LogP contribution is -2.60. The number of hydrogen-bond acceptors (Lipinski definition) is 11. The number of benzene rings is 1. The topological polar surface area (TPSA) is 181 Å². The van der Waals surface area contributed by atoms with Gasteiger partial charge in [-0.2, -0.15) is 5.06 Å². The number of hydrogen-bond donors (Lipinski definition) is 2. The molecule has 0 radical (unpaired) electrons. The van der Waals surface area contributed by atoms with Crippen molar-refractivity contribution in [2.45, 2.75) is 177 Å². The summed E-state index contributed by atoms with van der Waals surface area (Å²) in [6.45, 7) is 35.9. The predicted molar refractivity (Wildman–Crippen MR) is 305 cm³/mol. The molecule has 3 aliphatic carbocycles. The van der Waals surface area contributed by atoms with E-state index in [9.17, 15) is 33.9 Å². The van der Waals surface area contributed by atoms with Crippen LogP contribution in [0.5, 0.6) is 0 Å². The number of urea groups is 1. The van der Waals surface area contributed by atoms with E-state index in [2.05, 4.69) is 74.6 Å². The van der Waals surface area contributed by atoms with Crippen molar-refractivity contribution in [3.63, 3.8) is 0 Å². The summed E-state index contributed by atoms with van der Waals surface area (Å²) in [7, 11) is 6.51. The minimum absolute atomic E-state index is 0.0981. The Morgan fingerprint density at radius 2 is 0.974 bits per heavy atom. The number of allylic oxidation sites excluding steroid dienone is 4. The third-order valence-corrected chi connectivity index (χ3v) is 18.7. The van der Waals surface area contributed by atoms with Crippen LogP contribution in [-0.4, -0.2) is 130 Å². The van der Waals surface area contributed by atoms with Gasteiger partial charge >= 0.3 is 23.9 Å². The number of nitrogens with zero attached hydrogens (tertiary/aromatic N) is 3. The molecule has 1 heterocycles. The van der Waals surface area contributed by atoms with Crippen LogP contribution >= 0.6 is 34.8 Å². The normalized spacial score (nSPS) is 24.1. The molecule has 77 heavy (non-hydrogen) atoms. The number of amides is 4. The Morgan fingerprint density at radius 1 is 0.597 bits per heavy atom. The molecule has 430 valence electrons. The molecule has 4 amide bonds. The summed E-state index contributed by atoms with van der Waals surface area (Å²) in [6, 6.07) is 6.28. The molecular weight excluding hydrogens is 1050 g/mol. The van der Waals surface area contributed by atoms with Gasteiger partial charge in [0, 0.05) is 44.7 Å². The van der Waals surface area contributed by atoms with Crippen molar-refractivity contribution >= 4 is 76.2 Å². The van der Waals surface area contributed by atoms with Crippen LogP contribution < -0.4 is 5.32 Å². The van der Waals surface area contributed by atoms with Gasteiger partial charge in [0.05, 0.1) is 18.4 Å². The first-order chi connectivity index (χ1) is 35.3. The quantitative estimate of drug-likeness (QED) is 0.0696. The van der Waals surface area contributed by atoms with Crippen molar-refractivity contribution < 1.29 is 52.9 Å². The highest BCUT2D eigenvalue weighted by atomic mass is 35.5. The Kier molecular flexibility index (Phi) is 22.2. The van der Waals surface area contributed by atoms with Gasteiger partial charge < -0.3 is 34.4 Å². The monoisotopic (exact) mass is 1130 g/mol. The summed E-state index contributed by atoms with van der Waals surface area (Å²) in [4.78, 5) is 83.4. The van der Waals surface area contributed by atoms with Crippen LogP contribution in [0.4, 0.5) is 10.5 Å². The molecule has 1 aromatic carbocycles. The second kappa shape index (κ2) is 25.6. The van der Waals surface area contributed by atoms with Gasteiger partial charge in [-0.25, -0.2) is 4.79 Å². The maximum Gasteiger partial charge on any atom is 0.346 e. The Balaban J connectivity index is 0.000000328. The highest BCUT2D eigenvalue weighted by Gasteiger charge is 2.77. The third kappa shape index (κ3) is 13.2. The number of esters is 3. The molecule has 15 nitrogen and oxygen atoms in total. The first-order valence-electron chi connectivity index (χ1n) is 26.1. The van der Waals surface area contributed by atoms with E-state index in [0.29, 0.717) is 18.9 Å². The molecule has 1 aliphatic heterocycles. The zero-order chi connectivity index (χ0) is 59.4. The molecule has 8 unspecified atom stereocenters. The van der Waals surface area contributed by atoms with Crippen LogP contribution in [-0.2, 0) is 49.6 Å². The first kappa shape index (κ1) is 66.6. The van der Waals surface area contributed by atoms with Crippen LogP contribution in [0.2, 0.25) is 0 Å². The zero-order valence-electron chi connectivity index (χ0n) is 49.7. The number of anilines is 1. The molecular formula is C59H87Cl3N4O11. The summed E-state index contributed by atoms with van der Waals surface area (Å²) >= 11 is 18.0. The molecule has 1 aromatic rings. The molecule has 0 saturated carbocycles. The number of rotatable bonds is 16. The van der Waals surface area contributed by atoms with Crippen molar-refractivity contribution in [1.82, 2.24) is 14.9 Å². The molecule has 18 heteroatoms. The van der Waals surface area contributed by atoms with Gasteiger partial charge in [-0.3, -0.25) is 28.8 Å². The number of aliphatic hydroxyl groups excluding tert-OH is 1. The number of fused-ring (bicyclic) bond motifs is 2. The first-order valence-corrected chi connectivity index (χ1v) is 27.4. The zero-order valence-corrected chi connectivity index (χ0v) is 52.0. The second-order valence-corrected chi connectivity index (χ2v) is 24.4. The lowest BCUT2D eigenvalue weighted by molar-refractivity contribution is -0.186. The van der Waals surface area contributed by atoms with E-state index in [1.165, 1.54) is 59.4 Å². The van der Waals surface area contributed by atoms with E-state index in [0.717, 1.165) is 16.7 Å². The molecule has 1 saturated heterocycles. The smallest absolute Gasteiger partial charge is 0.346 e.